The number of halogens is 1. The highest BCUT2D eigenvalue weighted by molar-refractivity contribution is 6.30. The molecule has 1 nitrogen and oxygen atoms in total. The lowest BCUT2D eigenvalue weighted by molar-refractivity contribution is 0.186. The monoisotopic (exact) mass is 211 g/mol. The van der Waals surface area contributed by atoms with Crippen LogP contribution in [-0.4, -0.2) is 6.61 Å². The van der Waals surface area contributed by atoms with Crippen molar-refractivity contribution >= 4 is 11.6 Å². The summed E-state index contributed by atoms with van der Waals surface area (Å²) in [5.74, 6) is 0. The van der Waals surface area contributed by atoms with Gasteiger partial charge in [0.15, 0.2) is 0 Å². The van der Waals surface area contributed by atoms with E-state index < -0.39 is 0 Å². The second-order valence-corrected chi connectivity index (χ2v) is 3.93. The molecule has 1 radical (unpaired) electrons. The van der Waals surface area contributed by atoms with Gasteiger partial charge < -0.3 is 0 Å². The zero-order chi connectivity index (χ0) is 10.2. The number of rotatable bonds is 6. The van der Waals surface area contributed by atoms with E-state index in [0.29, 0.717) is 0 Å². The number of hydrogen-bond donors (Lipinski definition) is 0. The number of hydrogen-bond acceptors (Lipinski definition) is 0. The van der Waals surface area contributed by atoms with E-state index >= 15 is 0 Å². The third-order valence-corrected chi connectivity index (χ3v) is 2.53. The van der Waals surface area contributed by atoms with E-state index in [1.54, 1.807) is 0 Å². The summed E-state index contributed by atoms with van der Waals surface area (Å²) in [5, 5.41) is 11.0. The molecule has 0 aromatic heterocycles. The summed E-state index contributed by atoms with van der Waals surface area (Å²) in [4.78, 5) is 0. The topological polar surface area (TPSA) is 19.9 Å². The van der Waals surface area contributed by atoms with E-state index in [4.69, 9.17) is 11.6 Å². The van der Waals surface area contributed by atoms with E-state index in [9.17, 15) is 5.11 Å². The third-order valence-electron chi connectivity index (χ3n) is 2.27. The second-order valence-electron chi connectivity index (χ2n) is 3.49. The lowest BCUT2D eigenvalue weighted by Crippen LogP contribution is -1.86. The maximum Gasteiger partial charge on any atom is 0.0822 e. The highest BCUT2D eigenvalue weighted by Gasteiger charge is 1.94. The lowest BCUT2D eigenvalue weighted by Gasteiger charge is -2.01. The minimum atomic E-state index is 0.0704. The lowest BCUT2D eigenvalue weighted by atomic mass is 10.1. The van der Waals surface area contributed by atoms with Crippen molar-refractivity contribution in [2.45, 2.75) is 32.1 Å². The summed E-state index contributed by atoms with van der Waals surface area (Å²) >= 11 is 5.78. The Hall–Kier alpha value is -0.530. The third kappa shape index (κ3) is 4.64. The van der Waals surface area contributed by atoms with Crippen LogP contribution in [-0.2, 0) is 11.5 Å². The summed E-state index contributed by atoms with van der Waals surface area (Å²) in [6, 6.07) is 7.98. The molecule has 0 heterocycles. The molecule has 0 spiro atoms. The maximum absolute atomic E-state index is 10.2. The van der Waals surface area contributed by atoms with E-state index in [-0.39, 0.29) is 6.61 Å². The molecular weight excluding hydrogens is 196 g/mol. The van der Waals surface area contributed by atoms with Gasteiger partial charge in [0.05, 0.1) is 6.61 Å². The van der Waals surface area contributed by atoms with Gasteiger partial charge in [-0.3, -0.25) is 0 Å². The molecule has 0 N–H and O–H groups in total. The predicted octanol–water partition coefficient (Wildman–Crippen LogP) is 3.87. The second kappa shape index (κ2) is 6.86. The zero-order valence-electron chi connectivity index (χ0n) is 8.34. The van der Waals surface area contributed by atoms with Crippen LogP contribution < -0.4 is 0 Å². The highest BCUT2D eigenvalue weighted by atomic mass is 35.5. The van der Waals surface area contributed by atoms with Gasteiger partial charge in [-0.1, -0.05) is 36.6 Å². The van der Waals surface area contributed by atoms with Gasteiger partial charge in [0.25, 0.3) is 0 Å². The Morgan fingerprint density at radius 2 is 1.57 bits per heavy atom. The average molecular weight is 212 g/mol. The van der Waals surface area contributed by atoms with Crippen molar-refractivity contribution < 1.29 is 5.11 Å². The average Bonchev–Trinajstić information content (AvgIpc) is 2.21. The van der Waals surface area contributed by atoms with Crippen LogP contribution in [0.25, 0.3) is 0 Å². The Bertz CT molecular complexity index is 243. The normalized spacial score (nSPS) is 10.4. The van der Waals surface area contributed by atoms with Crippen molar-refractivity contribution in [2.24, 2.45) is 0 Å². The first-order valence-electron chi connectivity index (χ1n) is 5.15. The predicted molar refractivity (Wildman–Crippen MR) is 59.2 cm³/mol. The minimum absolute atomic E-state index is 0.0704. The van der Waals surface area contributed by atoms with E-state index in [1.165, 1.54) is 12.0 Å². The van der Waals surface area contributed by atoms with E-state index in [2.05, 4.69) is 12.1 Å². The number of benzene rings is 1. The van der Waals surface area contributed by atoms with Gasteiger partial charge in [0.2, 0.25) is 0 Å². The van der Waals surface area contributed by atoms with Crippen LogP contribution in [0.1, 0.15) is 31.2 Å². The first-order chi connectivity index (χ1) is 6.83. The largest absolute Gasteiger partial charge is 0.237 e. The van der Waals surface area contributed by atoms with Gasteiger partial charge in [-0.15, -0.1) is 0 Å². The molecule has 0 aliphatic carbocycles. The molecule has 0 saturated carbocycles. The Morgan fingerprint density at radius 1 is 0.929 bits per heavy atom. The molecule has 77 valence electrons. The standard InChI is InChI=1S/C12H16ClO/c13-12-8-6-11(7-9-12)5-3-1-2-4-10-14/h6-9H,1-5,10H2. The fourth-order valence-electron chi connectivity index (χ4n) is 1.44. The van der Waals surface area contributed by atoms with Gasteiger partial charge in [-0.25, -0.2) is 5.11 Å². The molecule has 0 fully saturated rings. The van der Waals surface area contributed by atoms with Gasteiger partial charge in [0.1, 0.15) is 0 Å². The molecule has 0 atom stereocenters. The Balaban J connectivity index is 2.15. The molecule has 1 rings (SSSR count). The first kappa shape index (κ1) is 11.5. The van der Waals surface area contributed by atoms with Crippen molar-refractivity contribution in [3.8, 4) is 0 Å². The van der Waals surface area contributed by atoms with Crippen LogP contribution in [0.3, 0.4) is 0 Å². The van der Waals surface area contributed by atoms with Crippen molar-refractivity contribution in [2.75, 3.05) is 6.61 Å². The fraction of sp³-hybridized carbons (Fsp3) is 0.500. The van der Waals surface area contributed by atoms with Crippen LogP contribution in [0.15, 0.2) is 24.3 Å². The molecule has 0 bridgehead atoms. The number of unbranched alkanes of at least 4 members (excludes halogenated alkanes) is 3. The smallest absolute Gasteiger partial charge is 0.0822 e. The van der Waals surface area contributed by atoms with Crippen molar-refractivity contribution in [1.29, 1.82) is 0 Å². The highest BCUT2D eigenvalue weighted by Crippen LogP contribution is 2.12. The summed E-state index contributed by atoms with van der Waals surface area (Å²) in [7, 11) is 0. The molecule has 1 aromatic rings. The van der Waals surface area contributed by atoms with Crippen LogP contribution in [0.5, 0.6) is 0 Å². The molecular formula is C12H16ClO. The first-order valence-corrected chi connectivity index (χ1v) is 5.53. The van der Waals surface area contributed by atoms with Gasteiger partial charge in [-0.2, -0.15) is 0 Å². The minimum Gasteiger partial charge on any atom is -0.237 e. The molecule has 0 saturated heterocycles. The molecule has 0 unspecified atom stereocenters. The SMILES string of the molecule is [O]CCCCCCc1ccc(Cl)cc1. The summed E-state index contributed by atoms with van der Waals surface area (Å²) in [5.41, 5.74) is 1.33. The Morgan fingerprint density at radius 3 is 2.21 bits per heavy atom. The summed E-state index contributed by atoms with van der Waals surface area (Å²) in [6.07, 6.45) is 5.31. The van der Waals surface area contributed by atoms with Crippen LogP contribution >= 0.6 is 11.6 Å². The van der Waals surface area contributed by atoms with Gasteiger partial charge in [0, 0.05) is 5.02 Å². The summed E-state index contributed by atoms with van der Waals surface area (Å²) < 4.78 is 0. The zero-order valence-corrected chi connectivity index (χ0v) is 9.09. The maximum atomic E-state index is 10.2. The Labute approximate surface area is 90.7 Å². The van der Waals surface area contributed by atoms with Crippen LogP contribution in [0.2, 0.25) is 5.02 Å². The molecule has 0 amide bonds. The van der Waals surface area contributed by atoms with Gasteiger partial charge in [-0.05, 0) is 37.0 Å². The van der Waals surface area contributed by atoms with Crippen molar-refractivity contribution in [1.82, 2.24) is 0 Å². The fourth-order valence-corrected chi connectivity index (χ4v) is 1.56. The van der Waals surface area contributed by atoms with Crippen LogP contribution in [0, 0.1) is 0 Å². The van der Waals surface area contributed by atoms with Gasteiger partial charge >= 0.3 is 0 Å². The molecule has 0 aliphatic rings. The quantitative estimate of drug-likeness (QED) is 0.637. The van der Waals surface area contributed by atoms with E-state index in [0.717, 1.165) is 30.7 Å². The molecule has 1 aromatic carbocycles. The molecule has 14 heavy (non-hydrogen) atoms. The van der Waals surface area contributed by atoms with Crippen molar-refractivity contribution in [3.05, 3.63) is 34.9 Å². The summed E-state index contributed by atoms with van der Waals surface area (Å²) in [6.45, 7) is 0.0704. The van der Waals surface area contributed by atoms with Crippen LogP contribution in [0.4, 0.5) is 0 Å². The Kier molecular flexibility index (Phi) is 5.65. The molecule has 0 aliphatic heterocycles. The molecule has 2 heteroatoms. The van der Waals surface area contributed by atoms with E-state index in [1.807, 2.05) is 12.1 Å². The van der Waals surface area contributed by atoms with Crippen molar-refractivity contribution in [3.63, 3.8) is 0 Å². The number of aryl methyl sites for hydroxylation is 1.